The number of benzene rings is 4. The summed E-state index contributed by atoms with van der Waals surface area (Å²) in [5.74, 6) is -0.0900. The molecule has 0 saturated carbocycles. The monoisotopic (exact) mass is 629 g/mol. The van der Waals surface area contributed by atoms with E-state index in [4.69, 9.17) is 21.1 Å². The first-order valence-electron chi connectivity index (χ1n) is 13.6. The molecule has 1 atom stereocenters. The van der Waals surface area contributed by atoms with Crippen molar-refractivity contribution in [2.75, 3.05) is 24.9 Å². The summed E-state index contributed by atoms with van der Waals surface area (Å²) in [6.45, 7) is 3.72. The quantitative estimate of drug-likeness (QED) is 0.120. The van der Waals surface area contributed by atoms with Crippen LogP contribution in [0.25, 0.3) is 6.08 Å². The molecule has 10 heteroatoms. The maximum absolute atomic E-state index is 13.4. The highest BCUT2D eigenvalue weighted by Gasteiger charge is 2.18. The molecule has 4 rings (SSSR count). The summed E-state index contributed by atoms with van der Waals surface area (Å²) in [5, 5.41) is 8.65. The molecule has 0 aromatic heterocycles. The van der Waals surface area contributed by atoms with Gasteiger partial charge in [0.05, 0.1) is 19.5 Å². The number of ether oxygens (including phenoxy) is 2. The van der Waals surface area contributed by atoms with Crippen molar-refractivity contribution in [3.8, 4) is 11.5 Å². The van der Waals surface area contributed by atoms with Crippen molar-refractivity contribution in [3.05, 3.63) is 118 Å². The summed E-state index contributed by atoms with van der Waals surface area (Å²) in [4.78, 5) is 40.0. The van der Waals surface area contributed by atoms with Gasteiger partial charge in [-0.1, -0.05) is 41.9 Å². The Morgan fingerprint density at radius 1 is 0.841 bits per heavy atom. The number of halogens is 1. The zero-order valence-electron chi connectivity index (χ0n) is 24.6. The van der Waals surface area contributed by atoms with Gasteiger partial charge in [-0.15, -0.1) is 11.8 Å². The number of nitrogens with one attached hydrogen (secondary N) is 3. The van der Waals surface area contributed by atoms with Gasteiger partial charge in [0.1, 0.15) is 5.70 Å². The van der Waals surface area contributed by atoms with Crippen LogP contribution in [0, 0.1) is 6.92 Å². The Morgan fingerprint density at radius 2 is 1.55 bits per heavy atom. The fourth-order valence-corrected chi connectivity index (χ4v) is 5.13. The van der Waals surface area contributed by atoms with Crippen LogP contribution in [0.1, 0.15) is 28.4 Å². The molecule has 0 bridgehead atoms. The lowest BCUT2D eigenvalue weighted by molar-refractivity contribution is -0.115. The molecule has 226 valence electrons. The molecular formula is C34H32ClN3O5S. The lowest BCUT2D eigenvalue weighted by Gasteiger charge is -2.15. The van der Waals surface area contributed by atoms with Crippen LogP contribution in [-0.4, -0.2) is 37.2 Å². The van der Waals surface area contributed by atoms with Crippen LogP contribution in [0.3, 0.4) is 0 Å². The van der Waals surface area contributed by atoms with E-state index in [1.165, 1.54) is 26.0 Å². The summed E-state index contributed by atoms with van der Waals surface area (Å²) in [6.07, 6.45) is 1.56. The third kappa shape index (κ3) is 8.65. The maximum Gasteiger partial charge on any atom is 0.272 e. The second-order valence-corrected chi connectivity index (χ2v) is 11.5. The van der Waals surface area contributed by atoms with E-state index in [0.29, 0.717) is 39.0 Å². The molecule has 3 N–H and O–H groups in total. The van der Waals surface area contributed by atoms with E-state index in [-0.39, 0.29) is 11.6 Å². The molecule has 0 fully saturated rings. The zero-order valence-corrected chi connectivity index (χ0v) is 26.2. The van der Waals surface area contributed by atoms with E-state index in [9.17, 15) is 14.4 Å². The fraction of sp³-hybridized carbons (Fsp3) is 0.147. The van der Waals surface area contributed by atoms with E-state index in [2.05, 4.69) is 16.0 Å². The molecule has 4 aromatic rings. The molecule has 0 aliphatic carbocycles. The molecular weight excluding hydrogens is 598 g/mol. The normalized spacial score (nSPS) is 11.7. The second-order valence-electron chi connectivity index (χ2n) is 9.68. The average Bonchev–Trinajstić information content (AvgIpc) is 3.03. The zero-order chi connectivity index (χ0) is 31.6. The van der Waals surface area contributed by atoms with Crippen LogP contribution in [0.2, 0.25) is 5.02 Å². The molecule has 4 aromatic carbocycles. The first-order valence-corrected chi connectivity index (χ1v) is 14.9. The van der Waals surface area contributed by atoms with Crippen LogP contribution in [-0.2, 0) is 9.59 Å². The number of methoxy groups -OCH3 is 2. The predicted molar refractivity (Wildman–Crippen MR) is 177 cm³/mol. The van der Waals surface area contributed by atoms with Crippen molar-refractivity contribution in [2.45, 2.75) is 24.0 Å². The Kier molecular flexibility index (Phi) is 11.1. The van der Waals surface area contributed by atoms with Gasteiger partial charge in [0.25, 0.3) is 11.8 Å². The molecule has 3 amide bonds. The van der Waals surface area contributed by atoms with E-state index in [0.717, 1.165) is 10.5 Å². The standard InChI is InChI=1S/C34H32ClN3O5S/c1-21-10-12-25(35)20-28(21)37-32(39)22(2)44-27-15-13-26(14-16-27)36-34(41)29(38-33(40)24-8-6-5-7-9-24)18-23-11-17-30(42-3)31(19-23)43-4/h5-20,22H,1-4H3,(H,36,41)(H,37,39)(H,38,40)/b29-18-. The minimum Gasteiger partial charge on any atom is -0.493 e. The number of aryl methyl sites for hydroxylation is 1. The molecule has 44 heavy (non-hydrogen) atoms. The Labute approximate surface area is 265 Å². The van der Waals surface area contributed by atoms with Gasteiger partial charge in [-0.3, -0.25) is 14.4 Å². The summed E-state index contributed by atoms with van der Waals surface area (Å²) in [5.41, 5.74) is 3.16. The number of hydrogen-bond acceptors (Lipinski definition) is 6. The van der Waals surface area contributed by atoms with E-state index in [1.54, 1.807) is 78.9 Å². The third-order valence-electron chi connectivity index (χ3n) is 6.50. The number of carbonyl (C=O) groups is 3. The van der Waals surface area contributed by atoms with Gasteiger partial charge in [0.2, 0.25) is 5.91 Å². The van der Waals surface area contributed by atoms with Crippen LogP contribution < -0.4 is 25.4 Å². The Bertz CT molecular complexity index is 1680. The van der Waals surface area contributed by atoms with Gasteiger partial charge < -0.3 is 25.4 Å². The highest BCUT2D eigenvalue weighted by molar-refractivity contribution is 8.00. The lowest BCUT2D eigenvalue weighted by Crippen LogP contribution is -2.30. The molecule has 0 aliphatic heterocycles. The van der Waals surface area contributed by atoms with Gasteiger partial charge in [-0.05, 0) is 91.7 Å². The van der Waals surface area contributed by atoms with E-state index in [1.807, 2.05) is 32.0 Å². The van der Waals surface area contributed by atoms with E-state index < -0.39 is 17.1 Å². The minimum absolute atomic E-state index is 0.0335. The van der Waals surface area contributed by atoms with Crippen LogP contribution >= 0.6 is 23.4 Å². The minimum atomic E-state index is -0.519. The van der Waals surface area contributed by atoms with Gasteiger partial charge in [-0.25, -0.2) is 0 Å². The van der Waals surface area contributed by atoms with Gasteiger partial charge in [0, 0.05) is 26.9 Å². The number of thioether (sulfide) groups is 1. The number of carbonyl (C=O) groups excluding carboxylic acids is 3. The van der Waals surface area contributed by atoms with Crippen molar-refractivity contribution >= 4 is 58.5 Å². The number of amides is 3. The van der Waals surface area contributed by atoms with Crippen molar-refractivity contribution in [3.63, 3.8) is 0 Å². The third-order valence-corrected chi connectivity index (χ3v) is 7.85. The number of hydrogen-bond donors (Lipinski definition) is 3. The van der Waals surface area contributed by atoms with Crippen molar-refractivity contribution < 1.29 is 23.9 Å². The Hall–Kier alpha value is -4.73. The molecule has 1 unspecified atom stereocenters. The molecule has 8 nitrogen and oxygen atoms in total. The average molecular weight is 630 g/mol. The molecule has 0 radical (unpaired) electrons. The van der Waals surface area contributed by atoms with Gasteiger partial charge in [0.15, 0.2) is 11.5 Å². The second kappa shape index (κ2) is 15.1. The van der Waals surface area contributed by atoms with Gasteiger partial charge in [-0.2, -0.15) is 0 Å². The SMILES string of the molecule is COc1ccc(/C=C(\NC(=O)c2ccccc2)C(=O)Nc2ccc(SC(C)C(=O)Nc3cc(Cl)ccc3C)cc2)cc1OC. The van der Waals surface area contributed by atoms with Crippen molar-refractivity contribution in [1.29, 1.82) is 0 Å². The molecule has 0 aliphatic rings. The lowest BCUT2D eigenvalue weighted by atomic mass is 10.1. The van der Waals surface area contributed by atoms with Crippen LogP contribution in [0.15, 0.2) is 102 Å². The first kappa shape index (κ1) is 32.2. The Morgan fingerprint density at radius 3 is 2.23 bits per heavy atom. The summed E-state index contributed by atoms with van der Waals surface area (Å²) in [6, 6.07) is 26.2. The topological polar surface area (TPSA) is 106 Å². The van der Waals surface area contributed by atoms with Crippen LogP contribution in [0.5, 0.6) is 11.5 Å². The van der Waals surface area contributed by atoms with Gasteiger partial charge >= 0.3 is 0 Å². The fourth-order valence-electron chi connectivity index (χ4n) is 4.09. The molecule has 0 spiro atoms. The number of anilines is 2. The number of rotatable bonds is 11. The smallest absolute Gasteiger partial charge is 0.272 e. The first-order chi connectivity index (χ1) is 21.2. The summed E-state index contributed by atoms with van der Waals surface area (Å²) < 4.78 is 10.7. The van der Waals surface area contributed by atoms with Crippen molar-refractivity contribution in [2.24, 2.45) is 0 Å². The summed E-state index contributed by atoms with van der Waals surface area (Å²) >= 11 is 7.46. The van der Waals surface area contributed by atoms with Crippen LogP contribution in [0.4, 0.5) is 11.4 Å². The maximum atomic E-state index is 13.4. The highest BCUT2D eigenvalue weighted by atomic mass is 35.5. The molecule has 0 saturated heterocycles. The van der Waals surface area contributed by atoms with E-state index >= 15 is 0 Å². The summed E-state index contributed by atoms with van der Waals surface area (Å²) in [7, 11) is 3.05. The molecule has 0 heterocycles. The predicted octanol–water partition coefficient (Wildman–Crippen LogP) is 7.19. The van der Waals surface area contributed by atoms with Crippen molar-refractivity contribution in [1.82, 2.24) is 5.32 Å². The largest absolute Gasteiger partial charge is 0.493 e. The Balaban J connectivity index is 1.47. The highest BCUT2D eigenvalue weighted by Crippen LogP contribution is 2.29.